The average Bonchev–Trinajstić information content (AvgIpc) is 3.61. The maximum atomic E-state index is 14.2. The fraction of sp³-hybridized carbons (Fsp3) is 0.455. The van der Waals surface area contributed by atoms with E-state index < -0.39 is 11.7 Å². The summed E-state index contributed by atoms with van der Waals surface area (Å²) in [6.45, 7) is 3.23. The van der Waals surface area contributed by atoms with Crippen LogP contribution in [0.3, 0.4) is 0 Å². The van der Waals surface area contributed by atoms with Crippen LogP contribution in [0.2, 0.25) is 5.02 Å². The Bertz CT molecular complexity index is 1030. The van der Waals surface area contributed by atoms with E-state index in [0.29, 0.717) is 28.5 Å². The van der Waals surface area contributed by atoms with Gasteiger partial charge in [0.05, 0.1) is 17.8 Å². The van der Waals surface area contributed by atoms with Crippen LogP contribution in [0.1, 0.15) is 47.2 Å². The van der Waals surface area contributed by atoms with Crippen molar-refractivity contribution in [1.29, 1.82) is 0 Å². The van der Waals surface area contributed by atoms with Crippen molar-refractivity contribution in [3.05, 3.63) is 51.9 Å². The van der Waals surface area contributed by atoms with Crippen molar-refractivity contribution >= 4 is 29.4 Å². The van der Waals surface area contributed by atoms with E-state index in [1.165, 1.54) is 12.3 Å². The molecule has 4 rings (SSSR count). The number of nitrogens with zero attached hydrogens (tertiary/aromatic N) is 4. The summed E-state index contributed by atoms with van der Waals surface area (Å²) in [6, 6.07) is 4.52. The van der Waals surface area contributed by atoms with E-state index in [1.54, 1.807) is 19.1 Å². The molecule has 1 aromatic heterocycles. The lowest BCUT2D eigenvalue weighted by molar-refractivity contribution is 0.0999. The van der Waals surface area contributed by atoms with Gasteiger partial charge in [-0.05, 0) is 56.4 Å². The summed E-state index contributed by atoms with van der Waals surface area (Å²) < 4.78 is 14.2. The number of benzene rings is 1. The third-order valence-electron chi connectivity index (χ3n) is 5.97. The van der Waals surface area contributed by atoms with Crippen molar-refractivity contribution < 1.29 is 14.0 Å². The molecule has 8 nitrogen and oxygen atoms in total. The van der Waals surface area contributed by atoms with Gasteiger partial charge in [-0.1, -0.05) is 11.6 Å². The molecule has 0 unspecified atom stereocenters. The molecule has 1 saturated carbocycles. The summed E-state index contributed by atoms with van der Waals surface area (Å²) in [6.07, 6.45) is 4.98. The molecule has 32 heavy (non-hydrogen) atoms. The van der Waals surface area contributed by atoms with Crippen LogP contribution >= 0.6 is 11.6 Å². The summed E-state index contributed by atoms with van der Waals surface area (Å²) in [5.41, 5.74) is 6.83. The molecule has 1 atom stereocenters. The van der Waals surface area contributed by atoms with Gasteiger partial charge in [-0.25, -0.2) is 9.18 Å². The van der Waals surface area contributed by atoms with E-state index in [4.69, 9.17) is 17.3 Å². The minimum Gasteiger partial charge on any atom is -0.366 e. The zero-order chi connectivity index (χ0) is 22.8. The predicted molar refractivity (Wildman–Crippen MR) is 119 cm³/mol. The van der Waals surface area contributed by atoms with Crippen molar-refractivity contribution in [1.82, 2.24) is 20.4 Å². The lowest BCUT2D eigenvalue weighted by atomic mass is 10.0. The number of amides is 3. The number of rotatable bonds is 6. The summed E-state index contributed by atoms with van der Waals surface area (Å²) in [4.78, 5) is 28.5. The van der Waals surface area contributed by atoms with Crippen LogP contribution in [-0.2, 0) is 6.54 Å². The van der Waals surface area contributed by atoms with Gasteiger partial charge in [0.25, 0.3) is 0 Å². The molecule has 1 aliphatic carbocycles. The number of anilines is 1. The molecular weight excluding hydrogens is 435 g/mol. The Morgan fingerprint density at radius 3 is 2.78 bits per heavy atom. The summed E-state index contributed by atoms with van der Waals surface area (Å²) in [5, 5.41) is 11.3. The monoisotopic (exact) mass is 460 g/mol. The highest BCUT2D eigenvalue weighted by Gasteiger charge is 2.39. The molecule has 2 aliphatic rings. The first-order chi connectivity index (χ1) is 15.3. The van der Waals surface area contributed by atoms with Crippen LogP contribution < -0.4 is 16.0 Å². The van der Waals surface area contributed by atoms with Gasteiger partial charge in [-0.2, -0.15) is 5.10 Å². The van der Waals surface area contributed by atoms with Crippen LogP contribution in [0.4, 0.5) is 15.0 Å². The molecule has 0 bridgehead atoms. The number of nitrogens with one attached hydrogen (secondary N) is 1. The number of aromatic nitrogens is 2. The number of nitrogens with two attached hydrogens (primary N) is 1. The molecule has 3 amide bonds. The number of primary amides is 1. The average molecular weight is 461 g/mol. The van der Waals surface area contributed by atoms with Gasteiger partial charge in [-0.3, -0.25) is 4.79 Å². The molecule has 2 aromatic rings. The number of carbonyl (C=O) groups is 2. The van der Waals surface area contributed by atoms with Crippen molar-refractivity contribution in [3.8, 4) is 0 Å². The number of piperidine rings is 1. The van der Waals surface area contributed by atoms with E-state index >= 15 is 0 Å². The van der Waals surface area contributed by atoms with Gasteiger partial charge in [0, 0.05) is 36.3 Å². The number of carbonyl (C=O) groups excluding carboxylic acids is 2. The summed E-state index contributed by atoms with van der Waals surface area (Å²) in [5.74, 6) is -0.421. The van der Waals surface area contributed by atoms with Gasteiger partial charge < -0.3 is 20.9 Å². The van der Waals surface area contributed by atoms with Crippen LogP contribution in [-0.4, -0.2) is 52.2 Å². The Labute approximate surface area is 190 Å². The van der Waals surface area contributed by atoms with E-state index in [0.717, 1.165) is 37.8 Å². The molecule has 3 N–H and O–H groups in total. The lowest BCUT2D eigenvalue weighted by Crippen LogP contribution is -2.54. The third-order valence-corrected chi connectivity index (χ3v) is 6.38. The zero-order valence-corrected chi connectivity index (χ0v) is 18.6. The summed E-state index contributed by atoms with van der Waals surface area (Å²) in [7, 11) is 0. The molecule has 1 aromatic carbocycles. The molecule has 1 saturated heterocycles. The highest BCUT2D eigenvalue weighted by atomic mass is 35.5. The second kappa shape index (κ2) is 9.28. The molecule has 2 heterocycles. The van der Waals surface area contributed by atoms with E-state index in [1.807, 2.05) is 9.80 Å². The fourth-order valence-electron chi connectivity index (χ4n) is 4.13. The quantitative estimate of drug-likeness (QED) is 0.689. The minimum atomic E-state index is -0.557. The maximum Gasteiger partial charge on any atom is 0.318 e. The van der Waals surface area contributed by atoms with Gasteiger partial charge >= 0.3 is 6.03 Å². The largest absolute Gasteiger partial charge is 0.366 e. The Kier molecular flexibility index (Phi) is 6.45. The van der Waals surface area contributed by atoms with Crippen molar-refractivity contribution in [3.63, 3.8) is 0 Å². The number of aryl methyl sites for hydroxylation is 1. The van der Waals surface area contributed by atoms with Crippen LogP contribution in [0.5, 0.6) is 0 Å². The normalized spacial score (nSPS) is 18.3. The highest BCUT2D eigenvalue weighted by molar-refractivity contribution is 6.31. The van der Waals surface area contributed by atoms with E-state index in [-0.39, 0.29) is 24.7 Å². The first-order valence-electron chi connectivity index (χ1n) is 10.7. The highest BCUT2D eigenvalue weighted by Crippen LogP contribution is 2.32. The molecule has 0 radical (unpaired) electrons. The Morgan fingerprint density at radius 1 is 1.28 bits per heavy atom. The second-order valence-corrected chi connectivity index (χ2v) is 8.81. The van der Waals surface area contributed by atoms with Crippen molar-refractivity contribution in [2.45, 2.75) is 51.2 Å². The van der Waals surface area contributed by atoms with Crippen LogP contribution in [0, 0.1) is 12.7 Å². The number of halogens is 2. The number of hydrogen-bond donors (Lipinski definition) is 2. The smallest absolute Gasteiger partial charge is 0.318 e. The van der Waals surface area contributed by atoms with Crippen molar-refractivity contribution in [2.75, 3.05) is 18.0 Å². The molecule has 2 fully saturated rings. The predicted octanol–water partition coefficient (Wildman–Crippen LogP) is 3.02. The Balaban J connectivity index is 1.45. The van der Waals surface area contributed by atoms with E-state index in [9.17, 15) is 14.0 Å². The fourth-order valence-corrected chi connectivity index (χ4v) is 4.28. The zero-order valence-electron chi connectivity index (χ0n) is 17.9. The standard InChI is InChI=1S/C22H26ClFN6O2/c1-13-7-14(19(24)9-18(13)23)10-26-22(32)30(16-4-5-16)17-3-2-6-29(12-17)20-8-15(21(25)31)11-27-28-20/h7-9,11,16-17H,2-6,10,12H2,1H3,(H2,25,31)(H,26,32)/t17-/m1/s1. The van der Waals surface area contributed by atoms with Gasteiger partial charge in [0.1, 0.15) is 5.82 Å². The molecule has 170 valence electrons. The van der Waals surface area contributed by atoms with Crippen molar-refractivity contribution in [2.24, 2.45) is 5.73 Å². The minimum absolute atomic E-state index is 0.0212. The molecule has 10 heteroatoms. The van der Waals surface area contributed by atoms with E-state index in [2.05, 4.69) is 15.5 Å². The van der Waals surface area contributed by atoms with Crippen LogP contribution in [0.15, 0.2) is 24.4 Å². The van der Waals surface area contributed by atoms with Gasteiger partial charge in [-0.15, -0.1) is 5.10 Å². The Hall–Kier alpha value is -2.94. The van der Waals surface area contributed by atoms with Crippen LogP contribution in [0.25, 0.3) is 0 Å². The third kappa shape index (κ3) is 4.93. The first-order valence-corrected chi connectivity index (χ1v) is 11.1. The summed E-state index contributed by atoms with van der Waals surface area (Å²) >= 11 is 5.97. The topological polar surface area (TPSA) is 104 Å². The molecular formula is C22H26ClFN6O2. The van der Waals surface area contributed by atoms with Gasteiger partial charge in [0.2, 0.25) is 5.91 Å². The number of hydrogen-bond acceptors (Lipinski definition) is 5. The Morgan fingerprint density at radius 2 is 2.06 bits per heavy atom. The second-order valence-electron chi connectivity index (χ2n) is 8.40. The lowest BCUT2D eigenvalue weighted by Gasteiger charge is -2.40. The number of urea groups is 1. The molecule has 1 aliphatic heterocycles. The SMILES string of the molecule is Cc1cc(CNC(=O)N(C2CC2)[C@@H]2CCCN(c3cc(C(N)=O)cnn3)C2)c(F)cc1Cl. The maximum absolute atomic E-state index is 14.2. The van der Waals surface area contributed by atoms with Gasteiger partial charge in [0.15, 0.2) is 5.82 Å². The molecule has 0 spiro atoms. The first kappa shape index (κ1) is 22.3.